The average Bonchev–Trinajstić information content (AvgIpc) is 2.04. The van der Waals surface area contributed by atoms with E-state index < -0.39 is 31.0 Å². The summed E-state index contributed by atoms with van der Waals surface area (Å²) in [6, 6.07) is 0. The van der Waals surface area contributed by atoms with Crippen molar-refractivity contribution >= 4 is 6.29 Å². The minimum atomic E-state index is -2.86. The Balaban J connectivity index is 4.02. The van der Waals surface area contributed by atoms with Crippen LogP contribution in [0.2, 0.25) is 0 Å². The molecule has 0 spiro atoms. The lowest BCUT2D eigenvalue weighted by Crippen LogP contribution is -2.45. The van der Waals surface area contributed by atoms with Crippen LogP contribution in [0.15, 0.2) is 0 Å². The summed E-state index contributed by atoms with van der Waals surface area (Å²) in [6.45, 7) is -0.619. The van der Waals surface area contributed by atoms with Gasteiger partial charge in [0.2, 0.25) is 5.79 Å². The molecule has 0 aliphatic carbocycles. The van der Waals surface area contributed by atoms with Crippen molar-refractivity contribution in [1.82, 2.24) is 0 Å². The molecular weight excluding hydrogens is 168 g/mol. The van der Waals surface area contributed by atoms with Crippen molar-refractivity contribution in [2.75, 3.05) is 6.61 Å². The fraction of sp³-hybridized carbons (Fsp3) is 0.833. The van der Waals surface area contributed by atoms with Crippen molar-refractivity contribution in [2.45, 2.75) is 24.4 Å². The van der Waals surface area contributed by atoms with Crippen LogP contribution in [0.1, 0.15) is 6.42 Å². The highest BCUT2D eigenvalue weighted by Crippen LogP contribution is 2.09. The van der Waals surface area contributed by atoms with Gasteiger partial charge in [-0.25, -0.2) is 0 Å². The van der Waals surface area contributed by atoms with Crippen molar-refractivity contribution in [2.24, 2.45) is 0 Å². The van der Waals surface area contributed by atoms with Gasteiger partial charge >= 0.3 is 0 Å². The summed E-state index contributed by atoms with van der Waals surface area (Å²) in [5.41, 5.74) is 0. The lowest BCUT2D eigenvalue weighted by molar-refractivity contribution is -0.213. The van der Waals surface area contributed by atoms with E-state index in [1.807, 2.05) is 0 Å². The first-order valence-corrected chi connectivity index (χ1v) is 3.32. The summed E-state index contributed by atoms with van der Waals surface area (Å²) in [5.74, 6) is -2.86. The molecule has 0 aromatic rings. The number of hydrogen-bond donors (Lipinski definition) is 5. The van der Waals surface area contributed by atoms with Gasteiger partial charge in [0.1, 0.15) is 6.10 Å². The molecule has 0 saturated carbocycles. The molecule has 0 fully saturated rings. The Morgan fingerprint density at radius 1 is 1.33 bits per heavy atom. The maximum absolute atomic E-state index is 9.93. The largest absolute Gasteiger partial charge is 0.394 e. The minimum Gasteiger partial charge on any atom is -0.394 e. The Labute approximate surface area is 68.7 Å². The van der Waals surface area contributed by atoms with Crippen LogP contribution in [0.25, 0.3) is 0 Å². The van der Waals surface area contributed by atoms with E-state index in [9.17, 15) is 4.79 Å². The summed E-state index contributed by atoms with van der Waals surface area (Å²) in [6.07, 6.45) is -3.82. The normalized spacial score (nSPS) is 17.1. The zero-order valence-corrected chi connectivity index (χ0v) is 6.29. The highest BCUT2D eigenvalue weighted by Gasteiger charge is 2.33. The second-order valence-electron chi connectivity index (χ2n) is 2.49. The van der Waals surface area contributed by atoms with Crippen LogP contribution in [-0.4, -0.2) is 56.4 Å². The van der Waals surface area contributed by atoms with Crippen LogP contribution in [0, 0.1) is 0 Å². The Hall–Kier alpha value is -0.530. The Morgan fingerprint density at radius 3 is 2.17 bits per heavy atom. The van der Waals surface area contributed by atoms with Crippen LogP contribution in [0.3, 0.4) is 0 Å². The minimum absolute atomic E-state index is 0.248. The molecule has 0 aromatic carbocycles. The number of hydrogen-bond acceptors (Lipinski definition) is 6. The highest BCUT2D eigenvalue weighted by atomic mass is 16.5. The molecule has 0 aromatic heterocycles. The van der Waals surface area contributed by atoms with Gasteiger partial charge in [-0.3, -0.25) is 4.79 Å². The monoisotopic (exact) mass is 180 g/mol. The molecule has 12 heavy (non-hydrogen) atoms. The van der Waals surface area contributed by atoms with E-state index in [0.717, 1.165) is 0 Å². The molecule has 0 aliphatic rings. The molecule has 5 N–H and O–H groups in total. The average molecular weight is 180 g/mol. The van der Waals surface area contributed by atoms with Crippen LogP contribution in [-0.2, 0) is 4.79 Å². The molecule has 0 amide bonds. The smallest absolute Gasteiger partial charge is 0.247 e. The third kappa shape index (κ3) is 3.24. The predicted octanol–water partition coefficient (Wildman–Crippen LogP) is -3.03. The fourth-order valence-electron chi connectivity index (χ4n) is 0.584. The lowest BCUT2D eigenvalue weighted by atomic mass is 10.1. The van der Waals surface area contributed by atoms with Gasteiger partial charge in [0.25, 0.3) is 0 Å². The number of rotatable bonds is 5. The third-order valence-corrected chi connectivity index (χ3v) is 1.37. The van der Waals surface area contributed by atoms with Crippen LogP contribution < -0.4 is 0 Å². The van der Waals surface area contributed by atoms with E-state index in [1.165, 1.54) is 0 Å². The molecule has 6 heteroatoms. The fourth-order valence-corrected chi connectivity index (χ4v) is 0.584. The molecule has 0 heterocycles. The van der Waals surface area contributed by atoms with Crippen molar-refractivity contribution < 1.29 is 30.3 Å². The van der Waals surface area contributed by atoms with Gasteiger partial charge in [-0.15, -0.1) is 0 Å². The molecule has 2 unspecified atom stereocenters. The first kappa shape index (κ1) is 11.5. The van der Waals surface area contributed by atoms with E-state index in [0.29, 0.717) is 0 Å². The highest BCUT2D eigenvalue weighted by molar-refractivity contribution is 5.60. The maximum atomic E-state index is 9.93. The van der Waals surface area contributed by atoms with Gasteiger partial charge in [-0.05, 0) is 0 Å². The first-order chi connectivity index (χ1) is 5.44. The van der Waals surface area contributed by atoms with E-state index in [2.05, 4.69) is 0 Å². The summed E-state index contributed by atoms with van der Waals surface area (Å²) < 4.78 is 0. The van der Waals surface area contributed by atoms with Crippen molar-refractivity contribution in [3.8, 4) is 0 Å². The first-order valence-electron chi connectivity index (χ1n) is 3.32. The van der Waals surface area contributed by atoms with Crippen LogP contribution in [0.5, 0.6) is 0 Å². The van der Waals surface area contributed by atoms with Gasteiger partial charge in [0, 0.05) is 6.42 Å². The Bertz CT molecular complexity index is 145. The lowest BCUT2D eigenvalue weighted by Gasteiger charge is -2.22. The SMILES string of the molecule is O=CC(O)(O)C(O)CC(O)CO. The predicted molar refractivity (Wildman–Crippen MR) is 36.9 cm³/mol. The molecular formula is C6H12O6. The van der Waals surface area contributed by atoms with Crippen LogP contribution >= 0.6 is 0 Å². The van der Waals surface area contributed by atoms with Gasteiger partial charge in [0.05, 0.1) is 12.7 Å². The molecule has 72 valence electrons. The van der Waals surface area contributed by atoms with Crippen LogP contribution in [0.4, 0.5) is 0 Å². The summed E-state index contributed by atoms with van der Waals surface area (Å²) in [5, 5.41) is 43.3. The zero-order valence-electron chi connectivity index (χ0n) is 6.29. The number of aldehydes is 1. The second-order valence-corrected chi connectivity index (χ2v) is 2.49. The third-order valence-electron chi connectivity index (χ3n) is 1.37. The summed E-state index contributed by atoms with van der Waals surface area (Å²) in [4.78, 5) is 9.93. The number of aliphatic hydroxyl groups is 5. The van der Waals surface area contributed by atoms with Crippen molar-refractivity contribution in [3.63, 3.8) is 0 Å². The quantitative estimate of drug-likeness (QED) is 0.227. The maximum Gasteiger partial charge on any atom is 0.247 e. The van der Waals surface area contributed by atoms with Gasteiger partial charge in [-0.2, -0.15) is 0 Å². The standard InChI is InChI=1S/C6H12O6/c7-2-4(9)1-5(10)6(11,12)3-8/h3-5,7,9-12H,1-2H2. The number of carbonyl (C=O) groups excluding carboxylic acids is 1. The summed E-state index contributed by atoms with van der Waals surface area (Å²) in [7, 11) is 0. The molecule has 0 saturated heterocycles. The van der Waals surface area contributed by atoms with Gasteiger partial charge < -0.3 is 25.5 Å². The molecule has 0 rings (SSSR count). The Kier molecular flexibility index (Phi) is 4.29. The molecule has 0 aliphatic heterocycles. The topological polar surface area (TPSA) is 118 Å². The number of aliphatic hydroxyl groups excluding tert-OH is 3. The molecule has 6 nitrogen and oxygen atoms in total. The summed E-state index contributed by atoms with van der Waals surface area (Å²) >= 11 is 0. The van der Waals surface area contributed by atoms with E-state index >= 15 is 0 Å². The van der Waals surface area contributed by atoms with Gasteiger partial charge in [-0.1, -0.05) is 0 Å². The van der Waals surface area contributed by atoms with E-state index in [4.69, 9.17) is 25.5 Å². The van der Waals surface area contributed by atoms with E-state index in [-0.39, 0.29) is 6.29 Å². The molecule has 2 atom stereocenters. The molecule has 0 bridgehead atoms. The van der Waals surface area contributed by atoms with Crippen molar-refractivity contribution in [1.29, 1.82) is 0 Å². The zero-order chi connectivity index (χ0) is 9.78. The molecule has 0 radical (unpaired) electrons. The number of carbonyl (C=O) groups is 1. The van der Waals surface area contributed by atoms with Gasteiger partial charge in [0.15, 0.2) is 6.29 Å². The van der Waals surface area contributed by atoms with E-state index in [1.54, 1.807) is 0 Å². The van der Waals surface area contributed by atoms with Crippen molar-refractivity contribution in [3.05, 3.63) is 0 Å². The second kappa shape index (κ2) is 4.48. The Morgan fingerprint density at radius 2 is 1.83 bits per heavy atom.